The summed E-state index contributed by atoms with van der Waals surface area (Å²) in [5.41, 5.74) is 0. The van der Waals surface area contributed by atoms with E-state index in [9.17, 15) is 0 Å². The van der Waals surface area contributed by atoms with Gasteiger partial charge in [-0.1, -0.05) is 27.7 Å². The number of hydrogen-bond acceptors (Lipinski definition) is 0. The zero-order chi connectivity index (χ0) is 18.5. The van der Waals surface area contributed by atoms with Gasteiger partial charge in [0.1, 0.15) is 0 Å². The topological polar surface area (TPSA) is 0 Å². The van der Waals surface area contributed by atoms with Crippen LogP contribution in [-0.4, -0.2) is 61.3 Å². The maximum atomic E-state index is 2.45. The van der Waals surface area contributed by atoms with Crippen LogP contribution >= 0.6 is 0 Å². The summed E-state index contributed by atoms with van der Waals surface area (Å²) in [5.74, 6) is 3.94. The molecular formula is C23H48N2+2. The zero-order valence-electron chi connectivity index (χ0n) is 18.4. The summed E-state index contributed by atoms with van der Waals surface area (Å²) in [6, 6.07) is 0. The molecule has 4 unspecified atom stereocenters. The lowest BCUT2D eigenvalue weighted by molar-refractivity contribution is -0.936. The van der Waals surface area contributed by atoms with Crippen LogP contribution in [0.4, 0.5) is 0 Å². The molecule has 2 aliphatic rings. The van der Waals surface area contributed by atoms with E-state index in [2.05, 4.69) is 41.5 Å². The van der Waals surface area contributed by atoms with Crippen LogP contribution in [-0.2, 0) is 0 Å². The zero-order valence-corrected chi connectivity index (χ0v) is 18.4. The summed E-state index contributed by atoms with van der Waals surface area (Å²) in [6.45, 7) is 26.0. The highest BCUT2D eigenvalue weighted by atomic mass is 15.4. The largest absolute Gasteiger partial charge is 0.323 e. The average molecular weight is 353 g/mol. The van der Waals surface area contributed by atoms with Crippen molar-refractivity contribution < 1.29 is 8.97 Å². The van der Waals surface area contributed by atoms with Crippen LogP contribution in [0.5, 0.6) is 0 Å². The van der Waals surface area contributed by atoms with Gasteiger partial charge in [0.2, 0.25) is 0 Å². The number of quaternary nitrogens is 2. The summed E-state index contributed by atoms with van der Waals surface area (Å²) < 4.78 is 2.85. The molecule has 148 valence electrons. The maximum Gasteiger partial charge on any atom is 0.0841 e. The van der Waals surface area contributed by atoms with E-state index < -0.39 is 0 Å². The summed E-state index contributed by atoms with van der Waals surface area (Å²) in [4.78, 5) is 0. The lowest BCUT2D eigenvalue weighted by Gasteiger charge is -2.37. The molecule has 0 N–H and O–H groups in total. The predicted molar refractivity (Wildman–Crippen MR) is 111 cm³/mol. The highest BCUT2D eigenvalue weighted by Gasteiger charge is 2.45. The summed E-state index contributed by atoms with van der Waals surface area (Å²) in [7, 11) is 0. The average Bonchev–Trinajstić information content (AvgIpc) is 3.20. The Kier molecular flexibility index (Phi) is 7.83. The van der Waals surface area contributed by atoms with E-state index in [4.69, 9.17) is 0 Å². The maximum absolute atomic E-state index is 2.45. The third-order valence-electron chi connectivity index (χ3n) is 8.52. The van der Waals surface area contributed by atoms with E-state index in [1.165, 1.54) is 93.4 Å². The fraction of sp³-hybridized carbons (Fsp3) is 1.00. The number of likely N-dealkylation sites (tertiary alicyclic amines) is 2. The van der Waals surface area contributed by atoms with Gasteiger partial charge in [0.25, 0.3) is 0 Å². The Bertz CT molecular complexity index is 332. The molecule has 2 heterocycles. The number of hydrogen-bond donors (Lipinski definition) is 0. The van der Waals surface area contributed by atoms with Crippen molar-refractivity contribution in [3.63, 3.8) is 0 Å². The molecule has 2 saturated heterocycles. The summed E-state index contributed by atoms with van der Waals surface area (Å²) in [5, 5.41) is 0. The van der Waals surface area contributed by atoms with Crippen molar-refractivity contribution >= 4 is 0 Å². The number of nitrogens with zero attached hydrogens (tertiary/aromatic N) is 2. The van der Waals surface area contributed by atoms with Gasteiger partial charge in [-0.3, -0.25) is 0 Å². The smallest absolute Gasteiger partial charge is 0.0841 e. The van der Waals surface area contributed by atoms with Gasteiger partial charge in [0, 0.05) is 30.1 Å². The van der Waals surface area contributed by atoms with Crippen molar-refractivity contribution in [3.05, 3.63) is 0 Å². The van der Waals surface area contributed by atoms with Crippen molar-refractivity contribution in [1.29, 1.82) is 0 Å². The second-order valence-corrected chi connectivity index (χ2v) is 9.52. The minimum atomic E-state index is 0.986. The van der Waals surface area contributed by atoms with Crippen LogP contribution in [0.3, 0.4) is 0 Å². The molecule has 0 amide bonds. The van der Waals surface area contributed by atoms with E-state index in [1.54, 1.807) is 0 Å². The minimum absolute atomic E-state index is 0.986. The molecule has 2 aliphatic heterocycles. The molecule has 0 aromatic heterocycles. The van der Waals surface area contributed by atoms with Gasteiger partial charge in [0.05, 0.1) is 52.4 Å². The van der Waals surface area contributed by atoms with Gasteiger partial charge in [-0.15, -0.1) is 0 Å². The van der Waals surface area contributed by atoms with Gasteiger partial charge >= 0.3 is 0 Å². The van der Waals surface area contributed by atoms with Crippen LogP contribution < -0.4 is 0 Å². The first-order chi connectivity index (χ1) is 12.0. The van der Waals surface area contributed by atoms with Gasteiger partial charge in [-0.05, 0) is 39.5 Å². The Morgan fingerprint density at radius 3 is 1.00 bits per heavy atom. The van der Waals surface area contributed by atoms with E-state index >= 15 is 0 Å². The molecule has 0 aromatic carbocycles. The molecule has 2 fully saturated rings. The molecule has 0 spiro atoms. The second kappa shape index (κ2) is 9.22. The van der Waals surface area contributed by atoms with E-state index in [0.717, 1.165) is 23.7 Å². The monoisotopic (exact) mass is 352 g/mol. The molecule has 25 heavy (non-hydrogen) atoms. The Morgan fingerprint density at radius 1 is 0.520 bits per heavy atom. The van der Waals surface area contributed by atoms with Crippen molar-refractivity contribution in [1.82, 2.24) is 0 Å². The molecule has 4 atom stereocenters. The molecular weight excluding hydrogens is 304 g/mol. The first-order valence-electron chi connectivity index (χ1n) is 11.7. The van der Waals surface area contributed by atoms with E-state index in [-0.39, 0.29) is 0 Å². The molecule has 2 heteroatoms. The molecule has 0 radical (unpaired) electrons. The van der Waals surface area contributed by atoms with Crippen molar-refractivity contribution in [2.75, 3.05) is 52.4 Å². The number of rotatable bonds is 10. The van der Waals surface area contributed by atoms with Crippen LogP contribution in [0.1, 0.15) is 73.6 Å². The molecule has 0 bridgehead atoms. The normalized spacial score (nSPS) is 41.5. The third-order valence-corrected chi connectivity index (χ3v) is 8.52. The summed E-state index contributed by atoms with van der Waals surface area (Å²) in [6.07, 6.45) is 7.02. The van der Waals surface area contributed by atoms with E-state index in [1.807, 2.05) is 0 Å². The van der Waals surface area contributed by atoms with Crippen molar-refractivity contribution in [3.8, 4) is 0 Å². The van der Waals surface area contributed by atoms with Gasteiger partial charge in [-0.2, -0.15) is 0 Å². The van der Waals surface area contributed by atoms with Crippen LogP contribution in [0.15, 0.2) is 0 Å². The Morgan fingerprint density at radius 2 is 0.800 bits per heavy atom. The molecule has 0 saturated carbocycles. The van der Waals surface area contributed by atoms with Gasteiger partial charge < -0.3 is 8.97 Å². The standard InChI is InChI=1S/C23H48N2/c1-7-20-16-24(11-5,17-21(20)8-2)14-13-15-25(12-6)18-22(9-3)23(10-4)19-25/h20-23H,7-19H2,1-6H3/q+2. The van der Waals surface area contributed by atoms with Crippen LogP contribution in [0.2, 0.25) is 0 Å². The molecule has 0 aromatic rings. The summed E-state index contributed by atoms with van der Waals surface area (Å²) >= 11 is 0. The highest BCUT2D eigenvalue weighted by Crippen LogP contribution is 2.36. The third kappa shape index (κ3) is 4.61. The fourth-order valence-electron chi connectivity index (χ4n) is 6.52. The molecule has 2 rings (SSSR count). The lowest BCUT2D eigenvalue weighted by atomic mass is 9.92. The highest BCUT2D eigenvalue weighted by molar-refractivity contribution is 4.77. The molecule has 2 nitrogen and oxygen atoms in total. The van der Waals surface area contributed by atoms with Crippen LogP contribution in [0.25, 0.3) is 0 Å². The Labute approximate surface area is 159 Å². The molecule has 0 aliphatic carbocycles. The Hall–Kier alpha value is -0.0800. The minimum Gasteiger partial charge on any atom is -0.323 e. The fourth-order valence-corrected chi connectivity index (χ4v) is 6.52. The quantitative estimate of drug-likeness (QED) is 0.475. The van der Waals surface area contributed by atoms with E-state index in [0.29, 0.717) is 0 Å². The van der Waals surface area contributed by atoms with Gasteiger partial charge in [-0.25, -0.2) is 0 Å². The predicted octanol–water partition coefficient (Wildman–Crippen LogP) is 5.18. The SMILES string of the molecule is CCC1C[N+](CC)(CCC[N+]2(CC)CC(CC)C(CC)C2)CC1CC. The first-order valence-corrected chi connectivity index (χ1v) is 11.7. The Balaban J connectivity index is 1.94. The first kappa shape index (κ1) is 21.2. The second-order valence-electron chi connectivity index (χ2n) is 9.52. The lowest BCUT2D eigenvalue weighted by Crippen LogP contribution is -2.51. The van der Waals surface area contributed by atoms with Crippen LogP contribution in [0, 0.1) is 23.7 Å². The van der Waals surface area contributed by atoms with Gasteiger partial charge in [0.15, 0.2) is 0 Å². The van der Waals surface area contributed by atoms with Crippen molar-refractivity contribution in [2.45, 2.75) is 73.6 Å². The van der Waals surface area contributed by atoms with Crippen molar-refractivity contribution in [2.24, 2.45) is 23.7 Å².